The number of carbonyl (C=O) groups excluding carboxylic acids is 2. The van der Waals surface area contributed by atoms with Crippen LogP contribution in [0.4, 0.5) is 10.5 Å². The Balaban J connectivity index is 1.72. The quantitative estimate of drug-likeness (QED) is 0.521. The molecule has 4 N–H and O–H groups in total. The molecule has 0 unspecified atom stereocenters. The van der Waals surface area contributed by atoms with E-state index < -0.39 is 5.91 Å². The smallest absolute Gasteiger partial charge is 0.319 e. The summed E-state index contributed by atoms with van der Waals surface area (Å²) in [6, 6.07) is 12.6. The van der Waals surface area contributed by atoms with Crippen molar-refractivity contribution in [2.45, 2.75) is 26.9 Å². The van der Waals surface area contributed by atoms with Gasteiger partial charge in [-0.15, -0.1) is 0 Å². The predicted molar refractivity (Wildman–Crippen MR) is 121 cm³/mol. The van der Waals surface area contributed by atoms with Gasteiger partial charge in [-0.2, -0.15) is 5.10 Å². The van der Waals surface area contributed by atoms with Crippen LogP contribution in [0.15, 0.2) is 54.9 Å². The molecule has 0 fully saturated rings. The van der Waals surface area contributed by atoms with Gasteiger partial charge in [0.2, 0.25) is 5.91 Å². The molecule has 162 valence electrons. The molecule has 8 nitrogen and oxygen atoms in total. The topological polar surface area (TPSA) is 105 Å². The zero-order chi connectivity index (χ0) is 22.4. The second-order valence-corrected chi connectivity index (χ2v) is 7.52. The maximum absolute atomic E-state index is 12.6. The van der Waals surface area contributed by atoms with Crippen LogP contribution >= 0.6 is 0 Å². The number of aromatic nitrogens is 2. The van der Waals surface area contributed by atoms with E-state index in [1.165, 1.54) is 5.56 Å². The molecule has 0 spiro atoms. The lowest BCUT2D eigenvalue weighted by Crippen LogP contribution is -2.29. The zero-order valence-electron chi connectivity index (χ0n) is 18.1. The van der Waals surface area contributed by atoms with Crippen LogP contribution in [-0.4, -0.2) is 40.2 Å². The molecule has 0 atom stereocenters. The molecule has 3 amide bonds. The lowest BCUT2D eigenvalue weighted by atomic mass is 10.1. The van der Waals surface area contributed by atoms with Crippen molar-refractivity contribution in [1.29, 1.82) is 0 Å². The summed E-state index contributed by atoms with van der Waals surface area (Å²) in [5, 5.41) is 9.97. The number of primary amides is 1. The van der Waals surface area contributed by atoms with Gasteiger partial charge in [0.05, 0.1) is 17.6 Å². The molecule has 0 bridgehead atoms. The maximum atomic E-state index is 12.6. The highest BCUT2D eigenvalue weighted by Gasteiger charge is 2.13. The number of aryl methyl sites for hydroxylation is 1. The van der Waals surface area contributed by atoms with Crippen molar-refractivity contribution in [3.8, 4) is 5.69 Å². The Hall–Kier alpha value is -3.65. The largest absolute Gasteiger partial charge is 0.366 e. The third kappa shape index (κ3) is 5.93. The first kappa shape index (κ1) is 22.0. The van der Waals surface area contributed by atoms with Gasteiger partial charge in [0, 0.05) is 24.8 Å². The van der Waals surface area contributed by atoms with Crippen LogP contribution in [0.3, 0.4) is 0 Å². The summed E-state index contributed by atoms with van der Waals surface area (Å²) in [6.45, 7) is 6.23. The summed E-state index contributed by atoms with van der Waals surface area (Å²) in [5.74, 6) is -0.569. The monoisotopic (exact) mass is 420 g/mol. The Kier molecular flexibility index (Phi) is 7.04. The van der Waals surface area contributed by atoms with Crippen molar-refractivity contribution in [3.05, 3.63) is 77.1 Å². The fourth-order valence-electron chi connectivity index (χ4n) is 3.14. The minimum atomic E-state index is -0.569. The van der Waals surface area contributed by atoms with Crippen molar-refractivity contribution in [3.63, 3.8) is 0 Å². The molecular formula is C23H28N6O2. The second kappa shape index (κ2) is 9.90. The average Bonchev–Trinajstić information content (AvgIpc) is 3.18. The summed E-state index contributed by atoms with van der Waals surface area (Å²) >= 11 is 0. The molecule has 0 saturated carbocycles. The highest BCUT2D eigenvalue weighted by molar-refractivity contribution is 5.97. The van der Waals surface area contributed by atoms with Crippen LogP contribution < -0.4 is 16.4 Å². The number of nitrogens with one attached hydrogen (secondary N) is 2. The zero-order valence-corrected chi connectivity index (χ0v) is 18.1. The number of carbonyl (C=O) groups is 2. The van der Waals surface area contributed by atoms with Gasteiger partial charge in [0.1, 0.15) is 0 Å². The first-order valence-electron chi connectivity index (χ1n) is 10.1. The lowest BCUT2D eigenvalue weighted by molar-refractivity contribution is 0.1000. The SMILES string of the molecule is CCN(C)Cc1cccc(CNC(=O)Nc2cc(C(N)=O)ccc2-n2cc(C)cn2)c1. The van der Waals surface area contributed by atoms with Crippen LogP contribution in [0.5, 0.6) is 0 Å². The van der Waals surface area contributed by atoms with Gasteiger partial charge < -0.3 is 21.3 Å². The van der Waals surface area contributed by atoms with Crippen LogP contribution in [0.1, 0.15) is 34.0 Å². The first-order chi connectivity index (χ1) is 14.9. The molecular weight excluding hydrogens is 392 g/mol. The number of hydrogen-bond donors (Lipinski definition) is 3. The highest BCUT2D eigenvalue weighted by atomic mass is 16.2. The molecule has 1 aromatic heterocycles. The normalized spacial score (nSPS) is 10.8. The number of nitrogens with two attached hydrogens (primary N) is 1. The Morgan fingerprint density at radius 1 is 1.16 bits per heavy atom. The van der Waals surface area contributed by atoms with E-state index in [0.29, 0.717) is 23.5 Å². The fourth-order valence-corrected chi connectivity index (χ4v) is 3.14. The number of rotatable bonds is 8. The average molecular weight is 421 g/mol. The summed E-state index contributed by atoms with van der Waals surface area (Å²) in [5.41, 5.74) is 9.95. The van der Waals surface area contributed by atoms with Crippen LogP contribution in [-0.2, 0) is 13.1 Å². The minimum Gasteiger partial charge on any atom is -0.366 e. The molecule has 3 aromatic rings. The lowest BCUT2D eigenvalue weighted by Gasteiger charge is -2.15. The highest BCUT2D eigenvalue weighted by Crippen LogP contribution is 2.22. The molecule has 0 radical (unpaired) electrons. The van der Waals surface area contributed by atoms with Gasteiger partial charge in [-0.3, -0.25) is 4.79 Å². The van der Waals surface area contributed by atoms with E-state index in [4.69, 9.17) is 5.73 Å². The molecule has 0 saturated heterocycles. The predicted octanol–water partition coefficient (Wildman–Crippen LogP) is 3.05. The molecule has 0 aliphatic carbocycles. The van der Waals surface area contributed by atoms with Crippen molar-refractivity contribution < 1.29 is 9.59 Å². The van der Waals surface area contributed by atoms with E-state index in [1.54, 1.807) is 29.1 Å². The molecule has 3 rings (SSSR count). The van der Waals surface area contributed by atoms with Gasteiger partial charge in [0.25, 0.3) is 0 Å². The van der Waals surface area contributed by atoms with E-state index in [2.05, 4.69) is 46.7 Å². The molecule has 8 heteroatoms. The Labute approximate surface area is 182 Å². The first-order valence-corrected chi connectivity index (χ1v) is 10.1. The standard InChI is InChI=1S/C23H28N6O2/c1-4-28(3)15-18-7-5-6-17(10-18)13-25-23(31)27-20-11-19(22(24)30)8-9-21(20)29-14-16(2)12-26-29/h5-12,14H,4,13,15H2,1-3H3,(H2,24,30)(H2,25,27,31). The number of benzene rings is 2. The summed E-state index contributed by atoms with van der Waals surface area (Å²) < 4.78 is 1.64. The molecule has 1 heterocycles. The van der Waals surface area contributed by atoms with E-state index >= 15 is 0 Å². The van der Waals surface area contributed by atoms with Crippen LogP contribution in [0.25, 0.3) is 5.69 Å². The summed E-state index contributed by atoms with van der Waals surface area (Å²) in [4.78, 5) is 26.4. The summed E-state index contributed by atoms with van der Waals surface area (Å²) in [7, 11) is 2.07. The number of amides is 3. The third-order valence-corrected chi connectivity index (χ3v) is 4.92. The van der Waals surface area contributed by atoms with Crippen molar-refractivity contribution in [2.75, 3.05) is 18.9 Å². The van der Waals surface area contributed by atoms with Gasteiger partial charge in [-0.25, -0.2) is 9.48 Å². The van der Waals surface area contributed by atoms with E-state index in [1.807, 2.05) is 25.3 Å². The maximum Gasteiger partial charge on any atom is 0.319 e. The van der Waals surface area contributed by atoms with Crippen molar-refractivity contribution in [2.24, 2.45) is 5.73 Å². The van der Waals surface area contributed by atoms with Gasteiger partial charge in [0.15, 0.2) is 0 Å². The Bertz CT molecular complexity index is 1080. The fraction of sp³-hybridized carbons (Fsp3) is 0.261. The number of hydrogen-bond acceptors (Lipinski definition) is 4. The number of urea groups is 1. The van der Waals surface area contributed by atoms with Crippen LogP contribution in [0.2, 0.25) is 0 Å². The molecule has 0 aliphatic rings. The summed E-state index contributed by atoms with van der Waals surface area (Å²) in [6.07, 6.45) is 3.55. The second-order valence-electron chi connectivity index (χ2n) is 7.52. The number of anilines is 1. The van der Waals surface area contributed by atoms with Crippen molar-refractivity contribution >= 4 is 17.6 Å². The van der Waals surface area contributed by atoms with E-state index in [9.17, 15) is 9.59 Å². The van der Waals surface area contributed by atoms with Gasteiger partial charge in [-0.1, -0.05) is 31.2 Å². The van der Waals surface area contributed by atoms with Crippen molar-refractivity contribution in [1.82, 2.24) is 20.0 Å². The van der Waals surface area contributed by atoms with Gasteiger partial charge in [-0.05, 0) is 55.4 Å². The van der Waals surface area contributed by atoms with Crippen LogP contribution in [0, 0.1) is 6.92 Å². The Morgan fingerprint density at radius 3 is 2.61 bits per heavy atom. The molecule has 2 aromatic carbocycles. The Morgan fingerprint density at radius 2 is 1.94 bits per heavy atom. The minimum absolute atomic E-state index is 0.302. The van der Waals surface area contributed by atoms with E-state index in [-0.39, 0.29) is 6.03 Å². The third-order valence-electron chi connectivity index (χ3n) is 4.92. The molecule has 31 heavy (non-hydrogen) atoms. The number of nitrogens with zero attached hydrogens (tertiary/aromatic N) is 3. The van der Waals surface area contributed by atoms with E-state index in [0.717, 1.165) is 24.2 Å². The van der Waals surface area contributed by atoms with Gasteiger partial charge >= 0.3 is 6.03 Å². The molecule has 0 aliphatic heterocycles.